The Labute approximate surface area is 157 Å². The number of rotatable bonds is 4. The molecule has 0 unspecified atom stereocenters. The summed E-state index contributed by atoms with van der Waals surface area (Å²) in [6.07, 6.45) is 4.49. The van der Waals surface area contributed by atoms with Crippen molar-refractivity contribution in [1.82, 2.24) is 23.8 Å². The highest BCUT2D eigenvalue weighted by molar-refractivity contribution is 7.89. The number of aromatic nitrogens is 4. The number of hydrogen-bond acceptors (Lipinski definition) is 7. The van der Waals surface area contributed by atoms with E-state index in [9.17, 15) is 8.42 Å². The first-order chi connectivity index (χ1) is 13.0. The van der Waals surface area contributed by atoms with Gasteiger partial charge < -0.3 is 14.2 Å². The summed E-state index contributed by atoms with van der Waals surface area (Å²) >= 11 is 0. The molecule has 27 heavy (non-hydrogen) atoms. The van der Waals surface area contributed by atoms with Crippen LogP contribution in [-0.4, -0.2) is 65.5 Å². The number of methoxy groups -OCH3 is 1. The van der Waals surface area contributed by atoms with E-state index in [4.69, 9.17) is 4.74 Å². The first kappa shape index (κ1) is 17.7. The van der Waals surface area contributed by atoms with Gasteiger partial charge >= 0.3 is 0 Å². The summed E-state index contributed by atoms with van der Waals surface area (Å²) in [6, 6.07) is 5.89. The van der Waals surface area contributed by atoms with Crippen molar-refractivity contribution in [3.63, 3.8) is 0 Å². The number of ether oxygens (including phenoxy) is 1. The SMILES string of the molecule is COc1ncnc2ccc(N3CCN(S(=O)(=O)c4cn(C)cn4)CC3)cc12. The van der Waals surface area contributed by atoms with Crippen LogP contribution < -0.4 is 9.64 Å². The minimum atomic E-state index is -3.56. The summed E-state index contributed by atoms with van der Waals surface area (Å²) in [7, 11) is -0.227. The molecule has 0 atom stereocenters. The number of imidazole rings is 1. The second-order valence-corrected chi connectivity index (χ2v) is 8.24. The van der Waals surface area contributed by atoms with E-state index in [2.05, 4.69) is 19.9 Å². The third kappa shape index (κ3) is 3.21. The average molecular weight is 388 g/mol. The quantitative estimate of drug-likeness (QED) is 0.655. The average Bonchev–Trinajstić information content (AvgIpc) is 3.14. The molecule has 1 aliphatic rings. The lowest BCUT2D eigenvalue weighted by atomic mass is 10.2. The van der Waals surface area contributed by atoms with E-state index in [0.717, 1.165) is 16.6 Å². The molecule has 0 bridgehead atoms. The molecule has 0 saturated carbocycles. The first-order valence-electron chi connectivity index (χ1n) is 8.51. The van der Waals surface area contributed by atoms with Crippen LogP contribution in [0.5, 0.6) is 5.88 Å². The number of nitrogens with zero attached hydrogens (tertiary/aromatic N) is 6. The largest absolute Gasteiger partial charge is 0.480 e. The van der Waals surface area contributed by atoms with Crippen LogP contribution in [0.2, 0.25) is 0 Å². The third-order valence-electron chi connectivity index (χ3n) is 4.66. The molecule has 9 nitrogen and oxygen atoms in total. The van der Waals surface area contributed by atoms with Crippen molar-refractivity contribution < 1.29 is 13.2 Å². The minimum absolute atomic E-state index is 0.0889. The highest BCUT2D eigenvalue weighted by Gasteiger charge is 2.30. The standard InChI is InChI=1S/C17H20N6O3S/c1-21-10-16(20-12-21)27(24,25)23-7-5-22(6-8-23)13-3-4-15-14(9-13)17(26-2)19-11-18-15/h3-4,9-12H,5-8H2,1-2H3. The number of anilines is 1. The summed E-state index contributed by atoms with van der Waals surface area (Å²) in [5.41, 5.74) is 1.80. The van der Waals surface area contributed by atoms with Crippen LogP contribution >= 0.6 is 0 Å². The molecule has 1 fully saturated rings. The lowest BCUT2D eigenvalue weighted by Gasteiger charge is -2.35. The molecule has 0 amide bonds. The smallest absolute Gasteiger partial charge is 0.262 e. The van der Waals surface area contributed by atoms with E-state index in [0.29, 0.717) is 32.1 Å². The Hall–Kier alpha value is -2.72. The summed E-state index contributed by atoms with van der Waals surface area (Å²) in [6.45, 7) is 1.99. The molecule has 0 radical (unpaired) electrons. The van der Waals surface area contributed by atoms with Gasteiger partial charge in [-0.25, -0.2) is 23.4 Å². The zero-order valence-electron chi connectivity index (χ0n) is 15.1. The fraction of sp³-hybridized carbons (Fsp3) is 0.353. The summed E-state index contributed by atoms with van der Waals surface area (Å²) in [4.78, 5) is 14.5. The number of hydrogen-bond donors (Lipinski definition) is 0. The maximum absolute atomic E-state index is 12.7. The lowest BCUT2D eigenvalue weighted by Crippen LogP contribution is -2.48. The Bertz CT molecular complexity index is 1070. The van der Waals surface area contributed by atoms with E-state index < -0.39 is 10.0 Å². The molecular weight excluding hydrogens is 368 g/mol. The number of fused-ring (bicyclic) bond motifs is 1. The summed E-state index contributed by atoms with van der Waals surface area (Å²) < 4.78 is 33.8. The van der Waals surface area contributed by atoms with E-state index >= 15 is 0 Å². The number of piperazine rings is 1. The van der Waals surface area contributed by atoms with E-state index in [1.165, 1.54) is 23.2 Å². The summed E-state index contributed by atoms with van der Waals surface area (Å²) in [5.74, 6) is 0.526. The Morgan fingerprint density at radius 1 is 1.07 bits per heavy atom. The van der Waals surface area contributed by atoms with Gasteiger partial charge in [-0.2, -0.15) is 4.31 Å². The zero-order chi connectivity index (χ0) is 19.0. The molecule has 10 heteroatoms. The van der Waals surface area contributed by atoms with Gasteiger partial charge in [-0.05, 0) is 18.2 Å². The predicted octanol–water partition coefficient (Wildman–Crippen LogP) is 0.883. The van der Waals surface area contributed by atoms with Gasteiger partial charge in [0.25, 0.3) is 10.0 Å². The maximum atomic E-state index is 12.7. The molecule has 2 aromatic heterocycles. The van der Waals surface area contributed by atoms with Crippen LogP contribution in [0.1, 0.15) is 0 Å². The first-order valence-corrected chi connectivity index (χ1v) is 9.95. The molecule has 3 heterocycles. The summed E-state index contributed by atoms with van der Waals surface area (Å²) in [5, 5.41) is 0.923. The van der Waals surface area contributed by atoms with E-state index in [1.54, 1.807) is 18.7 Å². The van der Waals surface area contributed by atoms with Crippen molar-refractivity contribution in [2.75, 3.05) is 38.2 Å². The topological polar surface area (TPSA) is 93.5 Å². The molecule has 1 aliphatic heterocycles. The van der Waals surface area contributed by atoms with Gasteiger partial charge in [0.05, 0.1) is 24.3 Å². The molecule has 3 aromatic rings. The highest BCUT2D eigenvalue weighted by Crippen LogP contribution is 2.27. The van der Waals surface area contributed by atoms with Gasteiger partial charge in [-0.15, -0.1) is 0 Å². The normalized spacial score (nSPS) is 16.0. The van der Waals surface area contributed by atoms with Crippen molar-refractivity contribution in [2.24, 2.45) is 7.05 Å². The van der Waals surface area contributed by atoms with Crippen LogP contribution in [0.15, 0.2) is 42.1 Å². The van der Waals surface area contributed by atoms with E-state index in [-0.39, 0.29) is 5.03 Å². The third-order valence-corrected chi connectivity index (χ3v) is 6.45. The van der Waals surface area contributed by atoms with Crippen LogP contribution in [0.4, 0.5) is 5.69 Å². The molecule has 1 aromatic carbocycles. The Balaban J connectivity index is 1.53. The zero-order valence-corrected chi connectivity index (χ0v) is 15.9. The van der Waals surface area contributed by atoms with Crippen molar-refractivity contribution in [3.8, 4) is 5.88 Å². The fourth-order valence-corrected chi connectivity index (χ4v) is 4.61. The maximum Gasteiger partial charge on any atom is 0.262 e. The second-order valence-electron chi connectivity index (χ2n) is 6.35. The highest BCUT2D eigenvalue weighted by atomic mass is 32.2. The van der Waals surface area contributed by atoms with Crippen molar-refractivity contribution in [2.45, 2.75) is 5.03 Å². The van der Waals surface area contributed by atoms with Gasteiger partial charge in [0.15, 0.2) is 5.03 Å². The molecule has 0 N–H and O–H groups in total. The monoisotopic (exact) mass is 388 g/mol. The molecule has 0 spiro atoms. The van der Waals surface area contributed by atoms with Crippen LogP contribution in [0.25, 0.3) is 10.9 Å². The predicted molar refractivity (Wildman–Crippen MR) is 100 cm³/mol. The van der Waals surface area contributed by atoms with Gasteiger partial charge in [0, 0.05) is 45.1 Å². The van der Waals surface area contributed by atoms with E-state index in [1.807, 2.05) is 18.2 Å². The molecule has 1 saturated heterocycles. The van der Waals surface area contributed by atoms with Crippen molar-refractivity contribution in [3.05, 3.63) is 37.1 Å². The van der Waals surface area contributed by atoms with Gasteiger partial charge in [-0.3, -0.25) is 0 Å². The Morgan fingerprint density at radius 3 is 2.52 bits per heavy atom. The van der Waals surface area contributed by atoms with Crippen molar-refractivity contribution >= 4 is 26.6 Å². The lowest BCUT2D eigenvalue weighted by molar-refractivity contribution is 0.383. The van der Waals surface area contributed by atoms with Crippen LogP contribution in [0.3, 0.4) is 0 Å². The fourth-order valence-electron chi connectivity index (χ4n) is 3.22. The van der Waals surface area contributed by atoms with Gasteiger partial charge in [-0.1, -0.05) is 0 Å². The molecule has 4 rings (SSSR count). The molecule has 0 aliphatic carbocycles. The Kier molecular flexibility index (Phi) is 4.44. The van der Waals surface area contributed by atoms with Crippen molar-refractivity contribution in [1.29, 1.82) is 0 Å². The van der Waals surface area contributed by atoms with Gasteiger partial charge in [0.1, 0.15) is 6.33 Å². The number of aryl methyl sites for hydroxylation is 1. The minimum Gasteiger partial charge on any atom is -0.480 e. The molecule has 142 valence electrons. The van der Waals surface area contributed by atoms with Crippen LogP contribution in [0, 0.1) is 0 Å². The molecular formula is C17H20N6O3S. The Morgan fingerprint density at radius 2 is 1.85 bits per heavy atom. The number of benzene rings is 1. The van der Waals surface area contributed by atoms with Gasteiger partial charge in [0.2, 0.25) is 5.88 Å². The second kappa shape index (κ2) is 6.78. The number of sulfonamides is 1. The van der Waals surface area contributed by atoms with Crippen LogP contribution in [-0.2, 0) is 17.1 Å².